The summed E-state index contributed by atoms with van der Waals surface area (Å²) in [6.07, 6.45) is 3.43. The summed E-state index contributed by atoms with van der Waals surface area (Å²) in [4.78, 5) is 24.9. The van der Waals surface area contributed by atoms with Gasteiger partial charge in [-0.1, -0.05) is 0 Å². The van der Waals surface area contributed by atoms with Gasteiger partial charge < -0.3 is 0 Å². The van der Waals surface area contributed by atoms with E-state index < -0.39 is 42.7 Å². The van der Waals surface area contributed by atoms with Crippen LogP contribution < -0.4 is 11.0 Å². The van der Waals surface area contributed by atoms with E-state index in [0.717, 1.165) is 25.7 Å². The van der Waals surface area contributed by atoms with Gasteiger partial charge in [0.2, 0.25) is 0 Å². The number of carbonyl (C=O) groups is 2. The Morgan fingerprint density at radius 2 is 1.10 bits per heavy atom. The van der Waals surface area contributed by atoms with Gasteiger partial charge in [-0.3, -0.25) is 0 Å². The van der Waals surface area contributed by atoms with E-state index in [1.54, 1.807) is 0 Å². The van der Waals surface area contributed by atoms with Crippen molar-refractivity contribution in [3.8, 4) is 0 Å². The molecule has 31 heavy (non-hydrogen) atoms. The molecule has 2 rings (SSSR count). The number of carbonyl (C=O) groups excluding carboxylic acids is 2. The number of halogens is 2. The van der Waals surface area contributed by atoms with Crippen molar-refractivity contribution in [2.24, 2.45) is 0 Å². The van der Waals surface area contributed by atoms with Crippen molar-refractivity contribution in [1.29, 1.82) is 0 Å². The molecular weight excluding hydrogens is 513 g/mol. The van der Waals surface area contributed by atoms with Crippen molar-refractivity contribution in [2.45, 2.75) is 48.4 Å². The molecule has 0 heterocycles. The number of unbranched alkanes of at least 4 members (excludes halogenated alkanes) is 2. The zero-order valence-corrected chi connectivity index (χ0v) is 20.6. The third-order valence-corrected chi connectivity index (χ3v) is 13.8. The van der Waals surface area contributed by atoms with E-state index in [9.17, 15) is 18.4 Å². The summed E-state index contributed by atoms with van der Waals surface area (Å²) in [5.74, 6) is -1.91. The van der Waals surface area contributed by atoms with Crippen molar-refractivity contribution < 1.29 is 24.7 Å². The number of hydrogen-bond acceptors (Lipinski definition) is 4. The summed E-state index contributed by atoms with van der Waals surface area (Å²) in [5.41, 5.74) is 5.41. The summed E-state index contributed by atoms with van der Waals surface area (Å²) in [5, 5.41) is 0. The van der Waals surface area contributed by atoms with Crippen LogP contribution in [-0.4, -0.2) is 31.0 Å². The van der Waals surface area contributed by atoms with E-state index >= 15 is 0 Å². The van der Waals surface area contributed by atoms with Crippen molar-refractivity contribution in [3.63, 3.8) is 0 Å². The first-order valence-electron chi connectivity index (χ1n) is 10.4. The molecule has 0 spiro atoms. The summed E-state index contributed by atoms with van der Waals surface area (Å²) in [6.45, 7) is 4.06. The first-order valence-corrected chi connectivity index (χ1v) is 16.7. The first-order chi connectivity index (χ1) is 14.9. The number of rotatable bonds is 12. The third-order valence-electron chi connectivity index (χ3n) is 4.69. The van der Waals surface area contributed by atoms with Crippen LogP contribution in [-0.2, 0) is 6.35 Å². The molecule has 0 aliphatic rings. The Morgan fingerprint density at radius 1 is 0.742 bits per heavy atom. The van der Waals surface area contributed by atoms with Crippen molar-refractivity contribution >= 4 is 31.0 Å². The van der Waals surface area contributed by atoms with Gasteiger partial charge in [-0.15, -0.1) is 0 Å². The maximum absolute atomic E-state index is 13.1. The molecule has 9 heteroatoms. The van der Waals surface area contributed by atoms with Gasteiger partial charge in [-0.25, -0.2) is 0 Å². The van der Waals surface area contributed by atoms with E-state index in [2.05, 4.69) is 11.0 Å². The predicted octanol–water partition coefficient (Wildman–Crippen LogP) is 5.03. The van der Waals surface area contributed by atoms with Crippen molar-refractivity contribution in [1.82, 2.24) is 11.0 Å². The fraction of sp³-hybridized carbons (Fsp3) is 0.364. The van der Waals surface area contributed by atoms with Gasteiger partial charge in [-0.2, -0.15) is 0 Å². The third kappa shape index (κ3) is 8.19. The number of amides is 2. The van der Waals surface area contributed by atoms with Crippen LogP contribution in [0.4, 0.5) is 8.78 Å². The second-order valence-electron chi connectivity index (χ2n) is 7.20. The minimum atomic E-state index is -3.97. The van der Waals surface area contributed by atoms with Crippen LogP contribution in [0.5, 0.6) is 0 Å². The van der Waals surface area contributed by atoms with Gasteiger partial charge in [0.1, 0.15) is 0 Å². The van der Waals surface area contributed by atoms with E-state index in [1.165, 1.54) is 48.5 Å². The van der Waals surface area contributed by atoms with Crippen LogP contribution in [0.1, 0.15) is 60.2 Å². The molecule has 0 aliphatic heterocycles. The zero-order chi connectivity index (χ0) is 22.7. The Hall–Kier alpha value is -2.04. The Morgan fingerprint density at radius 3 is 1.42 bits per heavy atom. The van der Waals surface area contributed by atoms with Crippen molar-refractivity contribution in [2.75, 3.05) is 0 Å². The summed E-state index contributed by atoms with van der Waals surface area (Å²) in [6, 6.07) is 10.2. The monoisotopic (exact) mass is 542 g/mol. The second kappa shape index (κ2) is 12.7. The Labute approximate surface area is 186 Å². The molecular formula is C22H28F2N2O4Sn. The molecule has 2 aromatic carbocycles. The first kappa shape index (κ1) is 25.2. The van der Waals surface area contributed by atoms with Crippen LogP contribution >= 0.6 is 0 Å². The molecule has 0 radical (unpaired) electrons. The molecule has 0 saturated carbocycles. The molecule has 2 N–H and O–H groups in total. The Kier molecular flexibility index (Phi) is 10.4. The summed E-state index contributed by atoms with van der Waals surface area (Å²) >= 11 is -3.97. The normalized spacial score (nSPS) is 11.2. The van der Waals surface area contributed by atoms with Crippen LogP contribution in [0.25, 0.3) is 0 Å². The Balaban J connectivity index is 2.11. The molecule has 0 saturated heterocycles. The molecule has 0 fully saturated rings. The molecule has 0 atom stereocenters. The standard InChI is InChI=1S/2C7H5FNO2.2C4H9.Sn/c2*8-6-3-1-5(2-4-6)7(10)9-11;2*1-3-4-2;/h2*1-4H,(H-,9,10,11);2*1,3-4H2,2H3;/q2*-1;;;+2. The van der Waals surface area contributed by atoms with E-state index in [0.29, 0.717) is 8.87 Å². The fourth-order valence-corrected chi connectivity index (χ4v) is 11.5. The average Bonchev–Trinajstić information content (AvgIpc) is 2.78. The van der Waals surface area contributed by atoms with E-state index in [-0.39, 0.29) is 11.1 Å². The van der Waals surface area contributed by atoms with Gasteiger partial charge in [-0.05, 0) is 0 Å². The van der Waals surface area contributed by atoms with Gasteiger partial charge in [0.25, 0.3) is 0 Å². The fourth-order valence-electron chi connectivity index (χ4n) is 2.84. The minimum absolute atomic E-state index is 0.253. The molecule has 0 aromatic heterocycles. The van der Waals surface area contributed by atoms with Gasteiger partial charge in [0.15, 0.2) is 0 Å². The quantitative estimate of drug-likeness (QED) is 0.292. The number of hydroxylamine groups is 2. The average molecular weight is 541 g/mol. The molecule has 168 valence electrons. The van der Waals surface area contributed by atoms with Crippen LogP contribution in [0.2, 0.25) is 8.87 Å². The Bertz CT molecular complexity index is 776. The van der Waals surface area contributed by atoms with E-state index in [1.807, 2.05) is 13.8 Å². The zero-order valence-electron chi connectivity index (χ0n) is 17.8. The second-order valence-corrected chi connectivity index (χ2v) is 16.4. The van der Waals surface area contributed by atoms with Gasteiger partial charge in [0.05, 0.1) is 0 Å². The van der Waals surface area contributed by atoms with Gasteiger partial charge in [0, 0.05) is 0 Å². The predicted molar refractivity (Wildman–Crippen MR) is 115 cm³/mol. The topological polar surface area (TPSA) is 76.7 Å². The van der Waals surface area contributed by atoms with E-state index in [4.69, 9.17) is 6.35 Å². The molecule has 0 unspecified atom stereocenters. The van der Waals surface area contributed by atoms with Crippen molar-refractivity contribution in [3.05, 3.63) is 71.3 Å². The summed E-state index contributed by atoms with van der Waals surface area (Å²) in [7, 11) is 0. The molecule has 2 amide bonds. The van der Waals surface area contributed by atoms with Crippen LogP contribution in [0, 0.1) is 11.6 Å². The maximum atomic E-state index is 13.1. The molecule has 0 aliphatic carbocycles. The molecule has 6 nitrogen and oxygen atoms in total. The molecule has 0 bridgehead atoms. The van der Waals surface area contributed by atoms with Crippen LogP contribution in [0.15, 0.2) is 48.5 Å². The van der Waals surface area contributed by atoms with Crippen LogP contribution in [0.3, 0.4) is 0 Å². The van der Waals surface area contributed by atoms with Gasteiger partial charge >= 0.3 is 186 Å². The number of benzene rings is 2. The number of hydrogen-bond donors (Lipinski definition) is 2. The SMILES string of the molecule is CCC[CH2][Sn]([CH2]CCC)([O]NC(=O)c1ccc(F)cc1)[O]NC(=O)c1ccc(F)cc1. The molecule has 2 aromatic rings. The summed E-state index contributed by atoms with van der Waals surface area (Å²) < 4.78 is 39.3. The number of nitrogens with one attached hydrogen (secondary N) is 2.